The number of unbranched alkanes of at least 4 members (excludes halogenated alkanes) is 2. The first-order valence-corrected chi connectivity index (χ1v) is 5.68. The molecule has 1 aliphatic carbocycles. The highest BCUT2D eigenvalue weighted by Crippen LogP contribution is 2.29. The Morgan fingerprint density at radius 2 is 2.00 bits per heavy atom. The fraction of sp³-hybridized carbons (Fsp3) is 0.750. The van der Waals surface area contributed by atoms with Crippen molar-refractivity contribution in [2.45, 2.75) is 51.4 Å². The average Bonchev–Trinajstić information content (AvgIpc) is 2.63. The fourth-order valence-corrected chi connectivity index (χ4v) is 2.18. The van der Waals surface area contributed by atoms with Gasteiger partial charge in [0, 0.05) is 6.08 Å². The molecule has 0 aliphatic heterocycles. The van der Waals surface area contributed by atoms with Crippen LogP contribution in [0.2, 0.25) is 0 Å². The third kappa shape index (κ3) is 5.05. The van der Waals surface area contributed by atoms with E-state index in [-0.39, 0.29) is 0 Å². The molecule has 14 heavy (non-hydrogen) atoms. The number of rotatable bonds is 6. The van der Waals surface area contributed by atoms with Gasteiger partial charge in [0.2, 0.25) is 0 Å². The molecule has 2 heteroatoms. The molecule has 1 N–H and O–H groups in total. The molecule has 0 radical (unpaired) electrons. The van der Waals surface area contributed by atoms with Crippen LogP contribution < -0.4 is 0 Å². The van der Waals surface area contributed by atoms with E-state index in [1.807, 2.05) is 0 Å². The molecule has 2 nitrogen and oxygen atoms in total. The smallest absolute Gasteiger partial charge is 0.327 e. The third-order valence-electron chi connectivity index (χ3n) is 2.97. The molecule has 0 bridgehead atoms. The van der Waals surface area contributed by atoms with Gasteiger partial charge in [0.15, 0.2) is 0 Å². The van der Waals surface area contributed by atoms with Gasteiger partial charge in [-0.05, 0) is 18.8 Å². The monoisotopic (exact) mass is 196 g/mol. The van der Waals surface area contributed by atoms with Crippen molar-refractivity contribution in [1.29, 1.82) is 0 Å². The minimum atomic E-state index is -0.833. The van der Waals surface area contributed by atoms with Crippen LogP contribution in [0.25, 0.3) is 0 Å². The van der Waals surface area contributed by atoms with Gasteiger partial charge in [-0.3, -0.25) is 0 Å². The zero-order valence-electron chi connectivity index (χ0n) is 8.74. The number of allylic oxidation sites excluding steroid dienone is 1. The predicted octanol–water partition coefficient (Wildman–Crippen LogP) is 3.38. The van der Waals surface area contributed by atoms with Gasteiger partial charge in [0.1, 0.15) is 0 Å². The number of carboxylic acids is 1. The van der Waals surface area contributed by atoms with Crippen molar-refractivity contribution in [1.82, 2.24) is 0 Å². The van der Waals surface area contributed by atoms with Gasteiger partial charge in [-0.2, -0.15) is 0 Å². The molecule has 1 rings (SSSR count). The lowest BCUT2D eigenvalue weighted by atomic mass is 10.00. The van der Waals surface area contributed by atoms with E-state index >= 15 is 0 Å². The van der Waals surface area contributed by atoms with Crippen molar-refractivity contribution in [3.63, 3.8) is 0 Å². The van der Waals surface area contributed by atoms with Gasteiger partial charge in [0.05, 0.1) is 0 Å². The second-order valence-corrected chi connectivity index (χ2v) is 4.18. The molecule has 0 saturated heterocycles. The van der Waals surface area contributed by atoms with E-state index in [0.29, 0.717) is 0 Å². The second-order valence-electron chi connectivity index (χ2n) is 4.18. The lowest BCUT2D eigenvalue weighted by molar-refractivity contribution is -0.131. The molecule has 0 atom stereocenters. The number of carboxylic acid groups (broad SMARTS) is 1. The highest BCUT2D eigenvalue weighted by molar-refractivity contribution is 5.79. The van der Waals surface area contributed by atoms with Crippen LogP contribution in [0.1, 0.15) is 51.4 Å². The molecule has 0 spiro atoms. The number of hydrogen-bond acceptors (Lipinski definition) is 1. The topological polar surface area (TPSA) is 37.3 Å². The Hall–Kier alpha value is -0.790. The Morgan fingerprint density at radius 3 is 2.64 bits per heavy atom. The quantitative estimate of drug-likeness (QED) is 0.522. The highest BCUT2D eigenvalue weighted by atomic mass is 16.4. The van der Waals surface area contributed by atoms with Crippen molar-refractivity contribution < 1.29 is 9.90 Å². The second kappa shape index (κ2) is 6.63. The summed E-state index contributed by atoms with van der Waals surface area (Å²) in [5.41, 5.74) is 0. The Balaban J connectivity index is 1.91. The van der Waals surface area contributed by atoms with Gasteiger partial charge < -0.3 is 5.11 Å². The normalized spacial score (nSPS) is 18.0. The molecule has 0 aromatic heterocycles. The lowest BCUT2D eigenvalue weighted by Gasteiger charge is -2.06. The fourth-order valence-electron chi connectivity index (χ4n) is 2.18. The van der Waals surface area contributed by atoms with Crippen LogP contribution in [0, 0.1) is 5.92 Å². The van der Waals surface area contributed by atoms with Gasteiger partial charge in [-0.1, -0.05) is 44.6 Å². The van der Waals surface area contributed by atoms with Crippen LogP contribution in [0.15, 0.2) is 12.2 Å². The van der Waals surface area contributed by atoms with Crippen LogP contribution in [0.3, 0.4) is 0 Å². The van der Waals surface area contributed by atoms with Gasteiger partial charge in [-0.25, -0.2) is 4.79 Å². The first-order valence-electron chi connectivity index (χ1n) is 5.68. The first kappa shape index (κ1) is 11.3. The zero-order valence-corrected chi connectivity index (χ0v) is 8.74. The van der Waals surface area contributed by atoms with Crippen LogP contribution >= 0.6 is 0 Å². The summed E-state index contributed by atoms with van der Waals surface area (Å²) in [7, 11) is 0. The maximum absolute atomic E-state index is 10.2. The Labute approximate surface area is 86.0 Å². The van der Waals surface area contributed by atoms with E-state index in [9.17, 15) is 4.79 Å². The summed E-state index contributed by atoms with van der Waals surface area (Å²) < 4.78 is 0. The Kier molecular flexibility index (Phi) is 5.35. The maximum atomic E-state index is 10.2. The first-order chi connectivity index (χ1) is 6.79. The van der Waals surface area contributed by atoms with Crippen molar-refractivity contribution in [2.24, 2.45) is 5.92 Å². The molecule has 0 aromatic carbocycles. The molecule has 1 aliphatic rings. The van der Waals surface area contributed by atoms with Crippen LogP contribution in [0.5, 0.6) is 0 Å². The molecule has 1 fully saturated rings. The van der Waals surface area contributed by atoms with Gasteiger partial charge in [-0.15, -0.1) is 0 Å². The number of carbonyl (C=O) groups is 1. The van der Waals surface area contributed by atoms with E-state index in [1.54, 1.807) is 6.08 Å². The summed E-state index contributed by atoms with van der Waals surface area (Å²) in [6, 6.07) is 0. The minimum absolute atomic E-state index is 0.833. The molecular formula is C12H20O2. The lowest BCUT2D eigenvalue weighted by Crippen LogP contribution is -1.92. The summed E-state index contributed by atoms with van der Waals surface area (Å²) in [6.07, 6.45) is 13.4. The van der Waals surface area contributed by atoms with Crippen LogP contribution in [0.4, 0.5) is 0 Å². The molecule has 1 saturated carbocycles. The van der Waals surface area contributed by atoms with Gasteiger partial charge in [0.25, 0.3) is 0 Å². The molecule has 0 amide bonds. The highest BCUT2D eigenvalue weighted by Gasteiger charge is 2.13. The molecule has 0 heterocycles. The molecule has 0 unspecified atom stereocenters. The summed E-state index contributed by atoms with van der Waals surface area (Å²) in [6.45, 7) is 0. The predicted molar refractivity (Wildman–Crippen MR) is 57.2 cm³/mol. The third-order valence-corrected chi connectivity index (χ3v) is 2.97. The van der Waals surface area contributed by atoms with E-state index in [2.05, 4.69) is 0 Å². The standard InChI is InChI=1S/C12H20O2/c13-12(14)10-4-2-1-3-7-11-8-5-6-9-11/h4,10-11H,1-3,5-9H2,(H,13,14). The van der Waals surface area contributed by atoms with Crippen molar-refractivity contribution >= 4 is 5.97 Å². The SMILES string of the molecule is O=C(O)C=CCCCCC1CCCC1. The molecule has 80 valence electrons. The summed E-state index contributed by atoms with van der Waals surface area (Å²) in [5, 5.41) is 8.36. The van der Waals surface area contributed by atoms with E-state index < -0.39 is 5.97 Å². The average molecular weight is 196 g/mol. The van der Waals surface area contributed by atoms with Crippen LogP contribution in [-0.4, -0.2) is 11.1 Å². The van der Waals surface area contributed by atoms with E-state index in [1.165, 1.54) is 44.6 Å². The zero-order chi connectivity index (χ0) is 10.2. The Morgan fingerprint density at radius 1 is 1.29 bits per heavy atom. The summed E-state index contributed by atoms with van der Waals surface area (Å²) in [5.74, 6) is 0.138. The summed E-state index contributed by atoms with van der Waals surface area (Å²) in [4.78, 5) is 10.2. The van der Waals surface area contributed by atoms with E-state index in [0.717, 1.165) is 18.8 Å². The van der Waals surface area contributed by atoms with E-state index in [4.69, 9.17) is 5.11 Å². The minimum Gasteiger partial charge on any atom is -0.478 e. The molecule has 0 aromatic rings. The summed E-state index contributed by atoms with van der Waals surface area (Å²) >= 11 is 0. The number of hydrogen-bond donors (Lipinski definition) is 1. The maximum Gasteiger partial charge on any atom is 0.327 e. The van der Waals surface area contributed by atoms with Crippen molar-refractivity contribution in [2.75, 3.05) is 0 Å². The largest absolute Gasteiger partial charge is 0.478 e. The van der Waals surface area contributed by atoms with Crippen molar-refractivity contribution in [3.8, 4) is 0 Å². The van der Waals surface area contributed by atoms with Crippen molar-refractivity contribution in [3.05, 3.63) is 12.2 Å². The van der Waals surface area contributed by atoms with Gasteiger partial charge >= 0.3 is 5.97 Å². The van der Waals surface area contributed by atoms with Crippen LogP contribution in [-0.2, 0) is 4.79 Å². The molecular weight excluding hydrogens is 176 g/mol. The number of aliphatic carboxylic acids is 1. The Bertz CT molecular complexity index is 190.